The van der Waals surface area contributed by atoms with Gasteiger partial charge in [-0.05, 0) is 39.0 Å². The van der Waals surface area contributed by atoms with Crippen molar-refractivity contribution >= 4 is 29.4 Å². The molecule has 0 bridgehead atoms. The lowest BCUT2D eigenvalue weighted by atomic mass is 10.0. The standard InChI is InChI=1S/C18H39O4PS2/c1-16(2)12-8-6-7-11-15-24-25-18(5)13-9-10-14-21-23(19,20)22-17(3)4/h16-18H,6-15H2,1-5H3,(H,19,20)/p-1. The molecule has 0 saturated heterocycles. The molecule has 0 rings (SSSR count). The normalized spacial score (nSPS) is 15.7. The Hall–Kier alpha value is 0.810. The number of hydrogen-bond donors (Lipinski definition) is 0. The fraction of sp³-hybridized carbons (Fsp3) is 1.00. The maximum atomic E-state index is 11.4. The second kappa shape index (κ2) is 15.8. The first-order chi connectivity index (χ1) is 11.7. The van der Waals surface area contributed by atoms with E-state index in [4.69, 9.17) is 9.05 Å². The summed E-state index contributed by atoms with van der Waals surface area (Å²) >= 11 is 0. The van der Waals surface area contributed by atoms with E-state index in [1.807, 2.05) is 21.6 Å². The van der Waals surface area contributed by atoms with E-state index in [2.05, 4.69) is 20.8 Å². The van der Waals surface area contributed by atoms with Crippen LogP contribution in [0.3, 0.4) is 0 Å². The third-order valence-corrected chi connectivity index (χ3v) is 7.81. The van der Waals surface area contributed by atoms with Crippen molar-refractivity contribution in [3.05, 3.63) is 0 Å². The van der Waals surface area contributed by atoms with Crippen LogP contribution in [-0.4, -0.2) is 23.7 Å². The van der Waals surface area contributed by atoms with Gasteiger partial charge in [-0.1, -0.05) is 74.5 Å². The van der Waals surface area contributed by atoms with Crippen LogP contribution in [0.5, 0.6) is 0 Å². The number of phosphoric ester groups is 1. The second-order valence-corrected chi connectivity index (χ2v) is 11.5. The molecule has 2 atom stereocenters. The molecule has 0 radical (unpaired) electrons. The molecule has 0 aliphatic heterocycles. The minimum Gasteiger partial charge on any atom is -0.756 e. The number of phosphoric acid groups is 1. The Balaban J connectivity index is 3.42. The quantitative estimate of drug-likeness (QED) is 0.155. The molecule has 0 saturated carbocycles. The molecule has 0 heterocycles. The summed E-state index contributed by atoms with van der Waals surface area (Å²) in [7, 11) is -0.188. The molecule has 0 amide bonds. The van der Waals surface area contributed by atoms with Crippen molar-refractivity contribution in [1.29, 1.82) is 0 Å². The number of rotatable bonds is 17. The number of unbranched alkanes of at least 4 members (excludes halogenated alkanes) is 4. The van der Waals surface area contributed by atoms with Crippen molar-refractivity contribution in [1.82, 2.24) is 0 Å². The van der Waals surface area contributed by atoms with Crippen molar-refractivity contribution in [2.24, 2.45) is 5.92 Å². The van der Waals surface area contributed by atoms with Gasteiger partial charge in [-0.25, -0.2) is 0 Å². The largest absolute Gasteiger partial charge is 0.756 e. The van der Waals surface area contributed by atoms with Gasteiger partial charge in [-0.2, -0.15) is 0 Å². The zero-order chi connectivity index (χ0) is 19.1. The Morgan fingerprint density at radius 3 is 2.20 bits per heavy atom. The van der Waals surface area contributed by atoms with Gasteiger partial charge in [0.2, 0.25) is 0 Å². The van der Waals surface area contributed by atoms with Crippen LogP contribution < -0.4 is 4.89 Å². The summed E-state index contributed by atoms with van der Waals surface area (Å²) in [6, 6.07) is 0. The molecule has 0 aromatic rings. The van der Waals surface area contributed by atoms with Crippen LogP contribution >= 0.6 is 29.4 Å². The summed E-state index contributed by atoms with van der Waals surface area (Å²) in [6.07, 6.45) is 9.19. The summed E-state index contributed by atoms with van der Waals surface area (Å²) in [4.78, 5) is 11.4. The average Bonchev–Trinajstić information content (AvgIpc) is 2.47. The Morgan fingerprint density at radius 2 is 1.56 bits per heavy atom. The van der Waals surface area contributed by atoms with Gasteiger partial charge < -0.3 is 13.9 Å². The predicted octanol–water partition coefficient (Wildman–Crippen LogP) is 6.44. The smallest absolute Gasteiger partial charge is 0.268 e. The molecule has 0 fully saturated rings. The summed E-state index contributed by atoms with van der Waals surface area (Å²) < 4.78 is 21.0. The van der Waals surface area contributed by atoms with E-state index in [1.54, 1.807) is 13.8 Å². The molecule has 7 heteroatoms. The average molecular weight is 414 g/mol. The highest BCUT2D eigenvalue weighted by atomic mass is 33.1. The molecule has 0 aromatic carbocycles. The highest BCUT2D eigenvalue weighted by molar-refractivity contribution is 8.76. The molecule has 2 unspecified atom stereocenters. The lowest BCUT2D eigenvalue weighted by Crippen LogP contribution is -2.13. The topological polar surface area (TPSA) is 58.6 Å². The molecular weight excluding hydrogens is 375 g/mol. The zero-order valence-corrected chi connectivity index (χ0v) is 19.2. The van der Waals surface area contributed by atoms with E-state index < -0.39 is 7.82 Å². The summed E-state index contributed by atoms with van der Waals surface area (Å²) in [6.45, 7) is 10.4. The molecule has 0 aromatic heterocycles. The van der Waals surface area contributed by atoms with Crippen LogP contribution in [0.15, 0.2) is 0 Å². The lowest BCUT2D eigenvalue weighted by molar-refractivity contribution is -0.228. The van der Waals surface area contributed by atoms with Gasteiger partial charge in [-0.15, -0.1) is 0 Å². The lowest BCUT2D eigenvalue weighted by Gasteiger charge is -2.24. The van der Waals surface area contributed by atoms with Gasteiger partial charge >= 0.3 is 0 Å². The van der Waals surface area contributed by atoms with Gasteiger partial charge in [0.05, 0.1) is 12.7 Å². The third kappa shape index (κ3) is 19.4. The monoisotopic (exact) mass is 413 g/mol. The van der Waals surface area contributed by atoms with Gasteiger partial charge in [0, 0.05) is 11.0 Å². The highest BCUT2D eigenvalue weighted by Gasteiger charge is 2.11. The molecule has 152 valence electrons. The Morgan fingerprint density at radius 1 is 0.920 bits per heavy atom. The van der Waals surface area contributed by atoms with Crippen LogP contribution in [0.2, 0.25) is 0 Å². The van der Waals surface area contributed by atoms with Crippen molar-refractivity contribution < 1.29 is 18.5 Å². The Kier molecular flexibility index (Phi) is 16.3. The third-order valence-electron chi connectivity index (χ3n) is 3.59. The van der Waals surface area contributed by atoms with E-state index >= 15 is 0 Å². The van der Waals surface area contributed by atoms with Crippen LogP contribution in [-0.2, 0) is 13.6 Å². The molecule has 25 heavy (non-hydrogen) atoms. The number of hydrogen-bond acceptors (Lipinski definition) is 6. The molecule has 0 aliphatic rings. The van der Waals surface area contributed by atoms with Crippen molar-refractivity contribution in [3.63, 3.8) is 0 Å². The maximum Gasteiger partial charge on any atom is 0.268 e. The van der Waals surface area contributed by atoms with E-state index in [-0.39, 0.29) is 12.7 Å². The highest BCUT2D eigenvalue weighted by Crippen LogP contribution is 2.40. The Bertz CT molecular complexity index is 354. The first kappa shape index (κ1) is 25.8. The van der Waals surface area contributed by atoms with Crippen LogP contribution in [0.4, 0.5) is 0 Å². The van der Waals surface area contributed by atoms with E-state index in [9.17, 15) is 9.46 Å². The maximum absolute atomic E-state index is 11.4. The molecule has 0 aliphatic carbocycles. The SMILES string of the molecule is CC(C)CCCCCCSSC(C)CCCCOP(=O)([O-])OC(C)C. The molecule has 4 nitrogen and oxygen atoms in total. The van der Waals surface area contributed by atoms with Crippen molar-refractivity contribution in [2.75, 3.05) is 12.4 Å². The van der Waals surface area contributed by atoms with Gasteiger partial charge in [-0.3, -0.25) is 4.57 Å². The van der Waals surface area contributed by atoms with Gasteiger partial charge in [0.1, 0.15) is 0 Å². The van der Waals surface area contributed by atoms with E-state index in [0.29, 0.717) is 5.25 Å². The summed E-state index contributed by atoms with van der Waals surface area (Å²) in [5.41, 5.74) is 0. The van der Waals surface area contributed by atoms with Crippen LogP contribution in [0, 0.1) is 5.92 Å². The van der Waals surface area contributed by atoms with E-state index in [0.717, 1.165) is 25.2 Å². The van der Waals surface area contributed by atoms with E-state index in [1.165, 1.54) is 37.9 Å². The zero-order valence-electron chi connectivity index (χ0n) is 16.7. The van der Waals surface area contributed by atoms with Crippen LogP contribution in [0.25, 0.3) is 0 Å². The summed E-state index contributed by atoms with van der Waals surface area (Å²) in [5, 5.41) is 0.594. The minimum absolute atomic E-state index is 0.217. The second-order valence-electron chi connectivity index (χ2n) is 7.26. The van der Waals surface area contributed by atoms with Crippen LogP contribution in [0.1, 0.15) is 86.0 Å². The first-order valence-electron chi connectivity index (χ1n) is 9.65. The Labute approximate surface area is 163 Å². The fourth-order valence-corrected chi connectivity index (χ4v) is 5.75. The molecular formula is C18H38O4PS2-. The minimum atomic E-state index is -4.11. The summed E-state index contributed by atoms with van der Waals surface area (Å²) in [5.74, 6) is 2.06. The van der Waals surface area contributed by atoms with Gasteiger partial charge in [0.25, 0.3) is 7.82 Å². The van der Waals surface area contributed by atoms with Crippen molar-refractivity contribution in [2.45, 2.75) is 97.3 Å². The molecule has 0 N–H and O–H groups in total. The first-order valence-corrected chi connectivity index (χ1v) is 13.5. The fourth-order valence-electron chi connectivity index (χ4n) is 2.28. The molecule has 0 spiro atoms. The predicted molar refractivity (Wildman–Crippen MR) is 111 cm³/mol. The van der Waals surface area contributed by atoms with Crippen molar-refractivity contribution in [3.8, 4) is 0 Å². The van der Waals surface area contributed by atoms with Gasteiger partial charge in [0.15, 0.2) is 0 Å².